The number of nitrogens with one attached hydrogen (secondary N) is 1. The van der Waals surface area contributed by atoms with Gasteiger partial charge in [-0.15, -0.1) is 0 Å². The molecule has 1 aliphatic heterocycles. The second-order valence-electron chi connectivity index (χ2n) is 6.12. The number of carbonyl (C=O) groups excluding carboxylic acids is 2. The number of hydrogen-bond acceptors (Lipinski definition) is 3. The summed E-state index contributed by atoms with van der Waals surface area (Å²) < 4.78 is 12.8. The van der Waals surface area contributed by atoms with Crippen molar-refractivity contribution in [3.63, 3.8) is 0 Å². The molecule has 2 amide bonds. The minimum absolute atomic E-state index is 0.0604. The lowest BCUT2D eigenvalue weighted by atomic mass is 10.0. The van der Waals surface area contributed by atoms with Crippen molar-refractivity contribution < 1.29 is 14.0 Å². The SMILES string of the molecule is O=C(CCC(=O)N1CCCc2ccccc21)NN=Cc1ccc(F)cc1. The van der Waals surface area contributed by atoms with Gasteiger partial charge in [0.25, 0.3) is 0 Å². The Hall–Kier alpha value is -3.02. The molecular weight excluding hydrogens is 333 g/mol. The highest BCUT2D eigenvalue weighted by Gasteiger charge is 2.22. The van der Waals surface area contributed by atoms with E-state index >= 15 is 0 Å². The van der Waals surface area contributed by atoms with Gasteiger partial charge >= 0.3 is 0 Å². The largest absolute Gasteiger partial charge is 0.312 e. The molecule has 0 unspecified atom stereocenters. The summed E-state index contributed by atoms with van der Waals surface area (Å²) in [4.78, 5) is 26.1. The first-order valence-electron chi connectivity index (χ1n) is 8.59. The monoisotopic (exact) mass is 353 g/mol. The summed E-state index contributed by atoms with van der Waals surface area (Å²) in [6, 6.07) is 13.6. The average Bonchev–Trinajstić information content (AvgIpc) is 2.67. The van der Waals surface area contributed by atoms with E-state index in [2.05, 4.69) is 10.5 Å². The molecule has 0 radical (unpaired) electrons. The molecule has 0 aromatic heterocycles. The third-order valence-electron chi connectivity index (χ3n) is 4.25. The quantitative estimate of drug-likeness (QED) is 0.663. The maximum Gasteiger partial charge on any atom is 0.240 e. The number of fused-ring (bicyclic) bond motifs is 1. The fraction of sp³-hybridized carbons (Fsp3) is 0.250. The Morgan fingerprint density at radius 2 is 1.88 bits per heavy atom. The highest BCUT2D eigenvalue weighted by atomic mass is 19.1. The molecule has 0 fully saturated rings. The molecule has 3 rings (SSSR count). The molecule has 5 nitrogen and oxygen atoms in total. The van der Waals surface area contributed by atoms with Gasteiger partial charge in [-0.05, 0) is 42.2 Å². The van der Waals surface area contributed by atoms with Gasteiger partial charge in [-0.3, -0.25) is 9.59 Å². The number of hydrogen-bond donors (Lipinski definition) is 1. The Labute approximate surface area is 151 Å². The summed E-state index contributed by atoms with van der Waals surface area (Å²) in [7, 11) is 0. The third-order valence-corrected chi connectivity index (χ3v) is 4.25. The van der Waals surface area contributed by atoms with Crippen molar-refractivity contribution in [2.75, 3.05) is 11.4 Å². The van der Waals surface area contributed by atoms with Gasteiger partial charge in [-0.1, -0.05) is 30.3 Å². The fourth-order valence-corrected chi connectivity index (χ4v) is 2.93. The number of halogens is 1. The minimum atomic E-state index is -0.331. The predicted molar refractivity (Wildman–Crippen MR) is 98.5 cm³/mol. The van der Waals surface area contributed by atoms with Crippen LogP contribution in [0.1, 0.15) is 30.4 Å². The van der Waals surface area contributed by atoms with E-state index in [9.17, 15) is 14.0 Å². The number of aryl methyl sites for hydroxylation is 1. The molecule has 6 heteroatoms. The average molecular weight is 353 g/mol. The van der Waals surface area contributed by atoms with Crippen LogP contribution in [-0.2, 0) is 16.0 Å². The number of hydrazone groups is 1. The van der Waals surface area contributed by atoms with Crippen LogP contribution >= 0.6 is 0 Å². The summed E-state index contributed by atoms with van der Waals surface area (Å²) in [6.07, 6.45) is 3.53. The molecule has 0 bridgehead atoms. The van der Waals surface area contributed by atoms with Crippen molar-refractivity contribution in [3.05, 3.63) is 65.5 Å². The van der Waals surface area contributed by atoms with Crippen LogP contribution in [0.3, 0.4) is 0 Å². The van der Waals surface area contributed by atoms with Crippen molar-refractivity contribution in [1.29, 1.82) is 0 Å². The number of rotatable bonds is 5. The van der Waals surface area contributed by atoms with Gasteiger partial charge < -0.3 is 4.90 Å². The number of benzene rings is 2. The molecule has 0 saturated heterocycles. The van der Waals surface area contributed by atoms with E-state index in [0.717, 1.165) is 18.5 Å². The van der Waals surface area contributed by atoms with Gasteiger partial charge in [0.15, 0.2) is 0 Å². The third kappa shape index (κ3) is 4.53. The lowest BCUT2D eigenvalue weighted by molar-refractivity contribution is -0.125. The van der Waals surface area contributed by atoms with Crippen LogP contribution in [0.2, 0.25) is 0 Å². The summed E-state index contributed by atoms with van der Waals surface area (Å²) >= 11 is 0. The highest BCUT2D eigenvalue weighted by molar-refractivity contribution is 5.96. The zero-order valence-corrected chi connectivity index (χ0v) is 14.3. The van der Waals surface area contributed by atoms with Crippen molar-refractivity contribution >= 4 is 23.7 Å². The van der Waals surface area contributed by atoms with E-state index in [1.807, 2.05) is 24.3 Å². The van der Waals surface area contributed by atoms with E-state index in [1.165, 1.54) is 23.9 Å². The molecule has 0 spiro atoms. The first-order valence-corrected chi connectivity index (χ1v) is 8.59. The number of carbonyl (C=O) groups is 2. The molecule has 1 N–H and O–H groups in total. The number of para-hydroxylation sites is 1. The van der Waals surface area contributed by atoms with Crippen molar-refractivity contribution in [2.45, 2.75) is 25.7 Å². The molecule has 1 heterocycles. The highest BCUT2D eigenvalue weighted by Crippen LogP contribution is 2.27. The van der Waals surface area contributed by atoms with Gasteiger partial charge in [0.2, 0.25) is 11.8 Å². The van der Waals surface area contributed by atoms with Gasteiger partial charge in [0.1, 0.15) is 5.82 Å². The van der Waals surface area contributed by atoms with Crippen LogP contribution in [0.25, 0.3) is 0 Å². The zero-order valence-electron chi connectivity index (χ0n) is 14.3. The van der Waals surface area contributed by atoms with E-state index in [4.69, 9.17) is 0 Å². The molecule has 1 aliphatic rings. The summed E-state index contributed by atoms with van der Waals surface area (Å²) in [5.74, 6) is -0.721. The van der Waals surface area contributed by atoms with Crippen molar-refractivity contribution in [3.8, 4) is 0 Å². The Morgan fingerprint density at radius 1 is 1.12 bits per heavy atom. The van der Waals surface area contributed by atoms with Crippen LogP contribution in [0.4, 0.5) is 10.1 Å². The van der Waals surface area contributed by atoms with Crippen molar-refractivity contribution in [1.82, 2.24) is 5.43 Å². The van der Waals surface area contributed by atoms with Gasteiger partial charge in [0.05, 0.1) is 6.21 Å². The van der Waals surface area contributed by atoms with Crippen LogP contribution in [0, 0.1) is 5.82 Å². The lowest BCUT2D eigenvalue weighted by Crippen LogP contribution is -2.36. The Bertz CT molecular complexity index is 818. The van der Waals surface area contributed by atoms with Gasteiger partial charge in [0, 0.05) is 25.1 Å². The Kier molecular flexibility index (Phi) is 5.73. The predicted octanol–water partition coefficient (Wildman–Crippen LogP) is 3.04. The zero-order chi connectivity index (χ0) is 18.4. The molecule has 0 saturated carbocycles. The minimum Gasteiger partial charge on any atom is -0.312 e. The van der Waals surface area contributed by atoms with E-state index in [1.54, 1.807) is 17.0 Å². The van der Waals surface area contributed by atoms with E-state index in [0.29, 0.717) is 12.1 Å². The molecule has 26 heavy (non-hydrogen) atoms. The first kappa shape index (κ1) is 17.8. The van der Waals surface area contributed by atoms with Crippen molar-refractivity contribution in [2.24, 2.45) is 5.10 Å². The number of amides is 2. The maximum absolute atomic E-state index is 12.8. The standard InChI is InChI=1S/C20H20FN3O2/c21-17-9-7-15(8-10-17)14-22-23-19(25)11-12-20(26)24-13-3-5-16-4-1-2-6-18(16)24/h1-2,4,6-10,14H,3,5,11-13H2,(H,23,25). The summed E-state index contributed by atoms with van der Waals surface area (Å²) in [5, 5.41) is 3.83. The Morgan fingerprint density at radius 3 is 2.69 bits per heavy atom. The molecule has 2 aromatic rings. The summed E-state index contributed by atoms with van der Waals surface area (Å²) in [6.45, 7) is 0.681. The molecule has 2 aromatic carbocycles. The molecular formula is C20H20FN3O2. The normalized spacial score (nSPS) is 13.5. The maximum atomic E-state index is 12.8. The van der Waals surface area contributed by atoms with Crippen LogP contribution < -0.4 is 10.3 Å². The van der Waals surface area contributed by atoms with Crippen LogP contribution in [0.5, 0.6) is 0 Å². The Balaban J connectivity index is 1.49. The van der Waals surface area contributed by atoms with Gasteiger partial charge in [-0.25, -0.2) is 9.82 Å². The molecule has 0 aliphatic carbocycles. The van der Waals surface area contributed by atoms with Crippen LogP contribution in [0.15, 0.2) is 53.6 Å². The van der Waals surface area contributed by atoms with E-state index < -0.39 is 0 Å². The summed E-state index contributed by atoms with van der Waals surface area (Å²) in [5.41, 5.74) is 5.17. The van der Waals surface area contributed by atoms with E-state index in [-0.39, 0.29) is 30.5 Å². The number of nitrogens with zero attached hydrogens (tertiary/aromatic N) is 2. The lowest BCUT2D eigenvalue weighted by Gasteiger charge is -2.29. The second-order valence-corrected chi connectivity index (χ2v) is 6.12. The molecule has 134 valence electrons. The second kappa shape index (κ2) is 8.38. The first-order chi connectivity index (χ1) is 12.6. The van der Waals surface area contributed by atoms with Gasteiger partial charge in [-0.2, -0.15) is 5.10 Å². The topological polar surface area (TPSA) is 61.8 Å². The fourth-order valence-electron chi connectivity index (χ4n) is 2.93. The smallest absolute Gasteiger partial charge is 0.240 e. The molecule has 0 atom stereocenters. The van der Waals surface area contributed by atoms with Crippen LogP contribution in [-0.4, -0.2) is 24.6 Å². The number of anilines is 1.